The molecule has 7 heteroatoms. The number of hydrogen-bond acceptors (Lipinski definition) is 4. The lowest BCUT2D eigenvalue weighted by molar-refractivity contribution is -0.121. The molecule has 0 radical (unpaired) electrons. The van der Waals surface area contributed by atoms with Crippen LogP contribution in [0.2, 0.25) is 5.02 Å². The van der Waals surface area contributed by atoms with Gasteiger partial charge < -0.3 is 4.74 Å². The van der Waals surface area contributed by atoms with Crippen LogP contribution in [0.5, 0.6) is 5.75 Å². The third-order valence-corrected chi connectivity index (χ3v) is 3.98. The maximum Gasteiger partial charge on any atom is 0.265 e. The SMILES string of the molecule is O=C1COc2ccc(Cl)cc2N1Cc1cn(-c2ccccc2)nn1. The highest BCUT2D eigenvalue weighted by Gasteiger charge is 2.26. The summed E-state index contributed by atoms with van der Waals surface area (Å²) < 4.78 is 7.12. The fourth-order valence-electron chi connectivity index (χ4n) is 2.59. The van der Waals surface area contributed by atoms with Gasteiger partial charge in [0.2, 0.25) is 0 Å². The van der Waals surface area contributed by atoms with Gasteiger partial charge in [0.15, 0.2) is 6.61 Å². The van der Waals surface area contributed by atoms with E-state index in [0.29, 0.717) is 28.7 Å². The summed E-state index contributed by atoms with van der Waals surface area (Å²) >= 11 is 6.05. The number of anilines is 1. The number of nitrogens with zero attached hydrogens (tertiary/aromatic N) is 4. The van der Waals surface area contributed by atoms with Crippen molar-refractivity contribution >= 4 is 23.2 Å². The number of hydrogen-bond donors (Lipinski definition) is 0. The molecule has 1 aliphatic rings. The molecular formula is C17H13ClN4O2. The quantitative estimate of drug-likeness (QED) is 0.735. The Hall–Kier alpha value is -2.86. The van der Waals surface area contributed by atoms with Crippen LogP contribution >= 0.6 is 11.6 Å². The number of ether oxygens (including phenoxy) is 1. The number of para-hydroxylation sites is 1. The molecule has 2 heterocycles. The molecule has 0 fully saturated rings. The second kappa shape index (κ2) is 5.98. The molecule has 120 valence electrons. The fraction of sp³-hybridized carbons (Fsp3) is 0.118. The molecule has 0 unspecified atom stereocenters. The van der Waals surface area contributed by atoms with Gasteiger partial charge in [-0.05, 0) is 30.3 Å². The maximum absolute atomic E-state index is 12.3. The van der Waals surface area contributed by atoms with Crippen molar-refractivity contribution < 1.29 is 9.53 Å². The third-order valence-electron chi connectivity index (χ3n) is 3.75. The Balaban J connectivity index is 1.63. The van der Waals surface area contributed by atoms with Gasteiger partial charge in [-0.1, -0.05) is 35.0 Å². The first-order valence-corrected chi connectivity index (χ1v) is 7.78. The summed E-state index contributed by atoms with van der Waals surface area (Å²) in [5.74, 6) is 0.494. The molecule has 0 bridgehead atoms. The highest BCUT2D eigenvalue weighted by atomic mass is 35.5. The molecule has 4 rings (SSSR count). The monoisotopic (exact) mass is 340 g/mol. The minimum atomic E-state index is -0.140. The van der Waals surface area contributed by atoms with Crippen LogP contribution < -0.4 is 9.64 Å². The predicted molar refractivity (Wildman–Crippen MR) is 89.5 cm³/mol. The number of carbonyl (C=O) groups excluding carboxylic acids is 1. The molecule has 1 aliphatic heterocycles. The molecule has 0 saturated carbocycles. The minimum Gasteiger partial charge on any atom is -0.482 e. The van der Waals surface area contributed by atoms with E-state index >= 15 is 0 Å². The Kier molecular flexibility index (Phi) is 3.66. The summed E-state index contributed by atoms with van der Waals surface area (Å²) in [7, 11) is 0. The van der Waals surface area contributed by atoms with Crippen molar-refractivity contribution in [2.45, 2.75) is 6.54 Å². The van der Waals surface area contributed by atoms with E-state index in [1.807, 2.05) is 36.5 Å². The number of fused-ring (bicyclic) bond motifs is 1. The molecule has 24 heavy (non-hydrogen) atoms. The molecule has 2 aromatic carbocycles. The maximum atomic E-state index is 12.3. The van der Waals surface area contributed by atoms with Crippen molar-refractivity contribution in [1.82, 2.24) is 15.0 Å². The number of halogens is 1. The molecule has 3 aromatic rings. The smallest absolute Gasteiger partial charge is 0.265 e. The van der Waals surface area contributed by atoms with Gasteiger partial charge in [0.05, 0.1) is 24.1 Å². The highest BCUT2D eigenvalue weighted by molar-refractivity contribution is 6.31. The zero-order chi connectivity index (χ0) is 16.5. The average molecular weight is 341 g/mol. The summed E-state index contributed by atoms with van der Waals surface area (Å²) in [6.45, 7) is 0.309. The molecule has 0 saturated heterocycles. The van der Waals surface area contributed by atoms with Crippen molar-refractivity contribution in [1.29, 1.82) is 0 Å². The van der Waals surface area contributed by atoms with Crippen LogP contribution in [-0.4, -0.2) is 27.5 Å². The Morgan fingerprint density at radius 3 is 2.83 bits per heavy atom. The van der Waals surface area contributed by atoms with Crippen molar-refractivity contribution in [3.8, 4) is 11.4 Å². The number of amides is 1. The van der Waals surface area contributed by atoms with Gasteiger partial charge in [0, 0.05) is 5.02 Å². The van der Waals surface area contributed by atoms with Crippen molar-refractivity contribution in [2.24, 2.45) is 0 Å². The van der Waals surface area contributed by atoms with Crippen LogP contribution in [0.3, 0.4) is 0 Å². The highest BCUT2D eigenvalue weighted by Crippen LogP contribution is 2.35. The van der Waals surface area contributed by atoms with Crippen molar-refractivity contribution in [3.63, 3.8) is 0 Å². The summed E-state index contributed by atoms with van der Waals surface area (Å²) in [5.41, 5.74) is 2.24. The summed E-state index contributed by atoms with van der Waals surface area (Å²) in [5, 5.41) is 8.83. The van der Waals surface area contributed by atoms with Crippen LogP contribution in [0.25, 0.3) is 5.69 Å². The lowest BCUT2D eigenvalue weighted by Gasteiger charge is -2.28. The molecule has 6 nitrogen and oxygen atoms in total. The lowest BCUT2D eigenvalue weighted by atomic mass is 10.2. The van der Waals surface area contributed by atoms with E-state index < -0.39 is 0 Å². The van der Waals surface area contributed by atoms with Gasteiger partial charge in [-0.2, -0.15) is 0 Å². The number of carbonyl (C=O) groups is 1. The molecular weight excluding hydrogens is 328 g/mol. The first kappa shape index (κ1) is 14.7. The standard InChI is InChI=1S/C17H13ClN4O2/c18-12-6-7-16-15(8-12)21(17(23)11-24-16)9-13-10-22(20-19-13)14-4-2-1-3-5-14/h1-8,10H,9,11H2. The molecule has 0 N–H and O–H groups in total. The summed E-state index contributed by atoms with van der Waals surface area (Å²) in [6, 6.07) is 14.9. The predicted octanol–water partition coefficient (Wildman–Crippen LogP) is 2.85. The normalized spacial score (nSPS) is 13.5. The average Bonchev–Trinajstić information content (AvgIpc) is 3.07. The fourth-order valence-corrected chi connectivity index (χ4v) is 2.75. The van der Waals surface area contributed by atoms with Gasteiger partial charge >= 0.3 is 0 Å². The van der Waals surface area contributed by atoms with Crippen LogP contribution in [0.4, 0.5) is 5.69 Å². The Labute approximate surface area is 143 Å². The Morgan fingerprint density at radius 1 is 1.17 bits per heavy atom. The van der Waals surface area contributed by atoms with E-state index in [2.05, 4.69) is 10.3 Å². The molecule has 0 atom stereocenters. The van der Waals surface area contributed by atoms with Gasteiger partial charge in [-0.15, -0.1) is 5.10 Å². The largest absolute Gasteiger partial charge is 0.482 e. The van der Waals surface area contributed by atoms with E-state index in [1.165, 1.54) is 0 Å². The van der Waals surface area contributed by atoms with Crippen molar-refractivity contribution in [3.05, 3.63) is 65.4 Å². The molecule has 0 spiro atoms. The van der Waals surface area contributed by atoms with E-state index in [0.717, 1.165) is 5.69 Å². The zero-order valence-corrected chi connectivity index (χ0v) is 13.3. The van der Waals surface area contributed by atoms with Gasteiger partial charge in [-0.25, -0.2) is 4.68 Å². The van der Waals surface area contributed by atoms with E-state index in [4.69, 9.17) is 16.3 Å². The second-order valence-corrected chi connectivity index (χ2v) is 5.81. The Morgan fingerprint density at radius 2 is 2.00 bits per heavy atom. The Bertz CT molecular complexity index is 895. The van der Waals surface area contributed by atoms with Gasteiger partial charge in [0.1, 0.15) is 11.4 Å². The molecule has 0 aliphatic carbocycles. The van der Waals surface area contributed by atoms with E-state index in [9.17, 15) is 4.79 Å². The van der Waals surface area contributed by atoms with Crippen LogP contribution in [0.15, 0.2) is 54.7 Å². The first-order chi connectivity index (χ1) is 11.7. The third kappa shape index (κ3) is 2.72. The first-order valence-electron chi connectivity index (χ1n) is 7.40. The summed E-state index contributed by atoms with van der Waals surface area (Å²) in [4.78, 5) is 13.9. The van der Waals surface area contributed by atoms with Crippen molar-refractivity contribution in [2.75, 3.05) is 11.5 Å². The van der Waals surface area contributed by atoms with Gasteiger partial charge in [-0.3, -0.25) is 9.69 Å². The number of benzene rings is 2. The minimum absolute atomic E-state index is 0.00144. The molecule has 1 amide bonds. The zero-order valence-electron chi connectivity index (χ0n) is 12.6. The van der Waals surface area contributed by atoms with Crippen LogP contribution in [0, 0.1) is 0 Å². The van der Waals surface area contributed by atoms with Crippen LogP contribution in [0.1, 0.15) is 5.69 Å². The van der Waals surface area contributed by atoms with E-state index in [-0.39, 0.29) is 12.5 Å². The second-order valence-electron chi connectivity index (χ2n) is 5.37. The van der Waals surface area contributed by atoms with Gasteiger partial charge in [0.25, 0.3) is 5.91 Å². The summed E-state index contributed by atoms with van der Waals surface area (Å²) in [6.07, 6.45) is 1.81. The van der Waals surface area contributed by atoms with E-state index in [1.54, 1.807) is 27.8 Å². The number of aromatic nitrogens is 3. The topological polar surface area (TPSA) is 60.2 Å². The lowest BCUT2D eigenvalue weighted by Crippen LogP contribution is -2.38. The van der Waals surface area contributed by atoms with Crippen LogP contribution in [-0.2, 0) is 11.3 Å². The number of rotatable bonds is 3. The molecule has 1 aromatic heterocycles.